The smallest absolute Gasteiger partial charge is 0.141 e. The minimum Gasteiger partial charge on any atom is -0.271 e. The second-order valence-electron chi connectivity index (χ2n) is 4.31. The number of nitrogens with one attached hydrogen (secondary N) is 1. The van der Waals surface area contributed by atoms with Gasteiger partial charge in [-0.15, -0.1) is 0 Å². The topological polar surface area (TPSA) is 38.0 Å². The van der Waals surface area contributed by atoms with Crippen molar-refractivity contribution in [1.82, 2.24) is 5.43 Å². The molecule has 0 amide bonds. The third kappa shape index (κ3) is 3.51. The highest BCUT2D eigenvalue weighted by Crippen LogP contribution is 2.31. The Morgan fingerprint density at radius 2 is 2.00 bits per heavy atom. The zero-order chi connectivity index (χ0) is 14.7. The Bertz CT molecular complexity index is 622. The average Bonchev–Trinajstić information content (AvgIpc) is 2.43. The monoisotopic (exact) mass is 376 g/mol. The van der Waals surface area contributed by atoms with Crippen LogP contribution >= 0.6 is 39.1 Å². The van der Waals surface area contributed by atoms with Gasteiger partial charge in [-0.1, -0.05) is 41.4 Å². The summed E-state index contributed by atoms with van der Waals surface area (Å²) in [6.45, 7) is 0. The van der Waals surface area contributed by atoms with E-state index in [0.717, 1.165) is 15.6 Å². The van der Waals surface area contributed by atoms with Crippen LogP contribution in [0.25, 0.3) is 0 Å². The molecule has 0 fully saturated rings. The van der Waals surface area contributed by atoms with Crippen molar-refractivity contribution in [2.75, 3.05) is 0 Å². The first kappa shape index (κ1) is 15.7. The summed E-state index contributed by atoms with van der Waals surface area (Å²) in [5.74, 6) is 5.17. The van der Waals surface area contributed by atoms with Crippen LogP contribution in [-0.2, 0) is 6.42 Å². The molecule has 1 atom stereocenters. The predicted octanol–water partition coefficient (Wildman–Crippen LogP) is 4.64. The van der Waals surface area contributed by atoms with Crippen molar-refractivity contribution in [1.29, 1.82) is 0 Å². The van der Waals surface area contributed by atoms with Gasteiger partial charge in [-0.2, -0.15) is 0 Å². The van der Waals surface area contributed by atoms with E-state index in [0.29, 0.717) is 11.4 Å². The predicted molar refractivity (Wildman–Crippen MR) is 84.3 cm³/mol. The molecule has 106 valence electrons. The fourth-order valence-electron chi connectivity index (χ4n) is 1.95. The van der Waals surface area contributed by atoms with Gasteiger partial charge in [0.05, 0.1) is 16.1 Å². The maximum absolute atomic E-state index is 13.2. The van der Waals surface area contributed by atoms with Crippen molar-refractivity contribution >= 4 is 39.1 Å². The van der Waals surface area contributed by atoms with Gasteiger partial charge in [-0.05, 0) is 51.7 Å². The molecular weight excluding hydrogens is 366 g/mol. The van der Waals surface area contributed by atoms with Crippen LogP contribution in [0.4, 0.5) is 4.39 Å². The minimum absolute atomic E-state index is 0.0959. The maximum Gasteiger partial charge on any atom is 0.141 e. The Balaban J connectivity index is 2.28. The van der Waals surface area contributed by atoms with Gasteiger partial charge in [0.1, 0.15) is 5.82 Å². The largest absolute Gasteiger partial charge is 0.271 e. The summed E-state index contributed by atoms with van der Waals surface area (Å²) < 4.78 is 14.0. The molecule has 20 heavy (non-hydrogen) atoms. The fraction of sp³-hybridized carbons (Fsp3) is 0.143. The number of benzene rings is 2. The van der Waals surface area contributed by atoms with E-state index < -0.39 is 5.82 Å². The van der Waals surface area contributed by atoms with E-state index in [1.165, 1.54) is 6.07 Å². The minimum atomic E-state index is -0.437. The first-order chi connectivity index (χ1) is 9.52. The Morgan fingerprint density at radius 3 is 2.65 bits per heavy atom. The van der Waals surface area contributed by atoms with E-state index in [2.05, 4.69) is 21.4 Å². The lowest BCUT2D eigenvalue weighted by Crippen LogP contribution is -2.29. The standard InChI is InChI=1S/C14H12BrCl2FN2/c15-10-3-1-2-9(14(10)17)13(20-19)7-8-4-5-12(18)11(16)6-8/h1-6,13,20H,7,19H2. The van der Waals surface area contributed by atoms with Crippen molar-refractivity contribution in [2.24, 2.45) is 5.84 Å². The Hall–Kier alpha value is -0.650. The molecule has 1 unspecified atom stereocenters. The van der Waals surface area contributed by atoms with Gasteiger partial charge < -0.3 is 0 Å². The summed E-state index contributed by atoms with van der Waals surface area (Å²) in [5, 5.41) is 0.697. The van der Waals surface area contributed by atoms with Crippen molar-refractivity contribution < 1.29 is 4.39 Å². The van der Waals surface area contributed by atoms with Gasteiger partial charge in [-0.25, -0.2) is 4.39 Å². The third-order valence-electron chi connectivity index (χ3n) is 2.98. The maximum atomic E-state index is 13.2. The van der Waals surface area contributed by atoms with Gasteiger partial charge in [0.25, 0.3) is 0 Å². The fourth-order valence-corrected chi connectivity index (χ4v) is 2.79. The zero-order valence-corrected chi connectivity index (χ0v) is 13.4. The van der Waals surface area contributed by atoms with Gasteiger partial charge in [0, 0.05) is 4.47 Å². The summed E-state index contributed by atoms with van der Waals surface area (Å²) in [6.07, 6.45) is 0.548. The van der Waals surface area contributed by atoms with Crippen LogP contribution < -0.4 is 11.3 Å². The molecule has 3 N–H and O–H groups in total. The molecule has 2 rings (SSSR count). The van der Waals surface area contributed by atoms with Crippen molar-refractivity contribution in [3.05, 3.63) is 67.9 Å². The average molecular weight is 378 g/mol. The lowest BCUT2D eigenvalue weighted by atomic mass is 9.99. The van der Waals surface area contributed by atoms with Gasteiger partial charge in [-0.3, -0.25) is 11.3 Å². The zero-order valence-electron chi connectivity index (χ0n) is 10.3. The summed E-state index contributed by atoms with van der Waals surface area (Å²) in [4.78, 5) is 0. The summed E-state index contributed by atoms with van der Waals surface area (Å²) in [5.41, 5.74) is 4.46. The molecule has 0 aliphatic rings. The molecule has 0 aromatic heterocycles. The number of rotatable bonds is 4. The van der Waals surface area contributed by atoms with Crippen LogP contribution in [0.3, 0.4) is 0 Å². The molecule has 0 bridgehead atoms. The third-order valence-corrected chi connectivity index (χ3v) is 4.58. The Labute approximate surface area is 135 Å². The molecule has 0 radical (unpaired) electrons. The molecule has 2 aromatic carbocycles. The Morgan fingerprint density at radius 1 is 1.25 bits per heavy atom. The molecular formula is C14H12BrCl2FN2. The quantitative estimate of drug-likeness (QED) is 0.601. The number of hydrazine groups is 1. The number of halogens is 4. The molecule has 0 saturated heterocycles. The summed E-state index contributed by atoms with van der Waals surface area (Å²) in [6, 6.07) is 10.0. The molecule has 0 heterocycles. The normalized spacial score (nSPS) is 12.4. The van der Waals surface area contributed by atoms with E-state index in [-0.39, 0.29) is 11.1 Å². The highest BCUT2D eigenvalue weighted by molar-refractivity contribution is 9.10. The molecule has 0 aliphatic heterocycles. The van der Waals surface area contributed by atoms with Crippen molar-refractivity contribution in [3.8, 4) is 0 Å². The highest BCUT2D eigenvalue weighted by atomic mass is 79.9. The van der Waals surface area contributed by atoms with E-state index in [1.807, 2.05) is 18.2 Å². The molecule has 2 aromatic rings. The molecule has 0 spiro atoms. The van der Waals surface area contributed by atoms with Crippen LogP contribution in [0.5, 0.6) is 0 Å². The first-order valence-corrected chi connectivity index (χ1v) is 7.41. The summed E-state index contributed by atoms with van der Waals surface area (Å²) in [7, 11) is 0. The van der Waals surface area contributed by atoms with E-state index >= 15 is 0 Å². The first-order valence-electron chi connectivity index (χ1n) is 5.87. The second-order valence-corrected chi connectivity index (χ2v) is 5.95. The molecule has 0 saturated carbocycles. The van der Waals surface area contributed by atoms with Crippen LogP contribution in [0.15, 0.2) is 40.9 Å². The lowest BCUT2D eigenvalue weighted by molar-refractivity contribution is 0.551. The van der Waals surface area contributed by atoms with Crippen LogP contribution in [0, 0.1) is 5.82 Å². The van der Waals surface area contributed by atoms with Crippen molar-refractivity contribution in [3.63, 3.8) is 0 Å². The van der Waals surface area contributed by atoms with Gasteiger partial charge in [0.2, 0.25) is 0 Å². The molecule has 0 aliphatic carbocycles. The van der Waals surface area contributed by atoms with Crippen LogP contribution in [0.1, 0.15) is 17.2 Å². The van der Waals surface area contributed by atoms with Crippen LogP contribution in [0.2, 0.25) is 10.0 Å². The second kappa shape index (κ2) is 6.87. The number of nitrogens with two attached hydrogens (primary N) is 1. The molecule has 2 nitrogen and oxygen atoms in total. The van der Waals surface area contributed by atoms with E-state index in [4.69, 9.17) is 29.0 Å². The van der Waals surface area contributed by atoms with Gasteiger partial charge >= 0.3 is 0 Å². The molecule has 6 heteroatoms. The summed E-state index contributed by atoms with van der Waals surface area (Å²) >= 11 is 15.4. The van der Waals surface area contributed by atoms with Gasteiger partial charge in [0.15, 0.2) is 0 Å². The van der Waals surface area contributed by atoms with E-state index in [1.54, 1.807) is 12.1 Å². The Kier molecular flexibility index (Phi) is 5.41. The number of hydrogen-bond acceptors (Lipinski definition) is 2. The number of hydrogen-bond donors (Lipinski definition) is 2. The highest BCUT2D eigenvalue weighted by Gasteiger charge is 2.16. The van der Waals surface area contributed by atoms with Crippen LogP contribution in [-0.4, -0.2) is 0 Å². The van der Waals surface area contributed by atoms with E-state index in [9.17, 15) is 4.39 Å². The SMILES string of the molecule is NNC(Cc1ccc(F)c(Cl)c1)c1cccc(Br)c1Cl. The lowest BCUT2D eigenvalue weighted by Gasteiger charge is -2.18. The van der Waals surface area contributed by atoms with Crippen molar-refractivity contribution in [2.45, 2.75) is 12.5 Å².